The van der Waals surface area contributed by atoms with Gasteiger partial charge in [-0.1, -0.05) is 51.1 Å². The molecule has 0 aliphatic carbocycles. The second-order valence-corrected chi connectivity index (χ2v) is 9.21. The SMILES string of the molecule is CCc1cccc(C)c1NC(=O)CN[C@@H](C)c1ccc(S(=O)(=O)N(CC)CC)cc1. The summed E-state index contributed by atoms with van der Waals surface area (Å²) in [5.74, 6) is -0.105. The van der Waals surface area contributed by atoms with E-state index in [1.54, 1.807) is 24.3 Å². The fraction of sp³-hybridized carbons (Fsp3) is 0.435. The van der Waals surface area contributed by atoms with E-state index >= 15 is 0 Å². The van der Waals surface area contributed by atoms with Crippen molar-refractivity contribution in [2.24, 2.45) is 0 Å². The van der Waals surface area contributed by atoms with Crippen LogP contribution in [0, 0.1) is 6.92 Å². The summed E-state index contributed by atoms with van der Waals surface area (Å²) in [6.45, 7) is 10.7. The van der Waals surface area contributed by atoms with Crippen molar-refractivity contribution in [2.75, 3.05) is 25.0 Å². The molecule has 0 bridgehead atoms. The van der Waals surface area contributed by atoms with E-state index in [0.29, 0.717) is 13.1 Å². The van der Waals surface area contributed by atoms with Gasteiger partial charge in [-0.3, -0.25) is 4.79 Å². The Balaban J connectivity index is 2.00. The van der Waals surface area contributed by atoms with E-state index in [4.69, 9.17) is 0 Å². The predicted octanol–water partition coefficient (Wildman–Crippen LogP) is 3.88. The van der Waals surface area contributed by atoms with Crippen molar-refractivity contribution in [3.05, 3.63) is 59.2 Å². The second-order valence-electron chi connectivity index (χ2n) is 7.27. The molecule has 2 N–H and O–H groups in total. The first kappa shape index (κ1) is 24.1. The van der Waals surface area contributed by atoms with Gasteiger partial charge in [0.25, 0.3) is 0 Å². The molecule has 0 aliphatic rings. The van der Waals surface area contributed by atoms with Crippen LogP contribution in [0.2, 0.25) is 0 Å². The summed E-state index contributed by atoms with van der Waals surface area (Å²) in [4.78, 5) is 12.7. The molecule has 0 saturated carbocycles. The highest BCUT2D eigenvalue weighted by atomic mass is 32.2. The Morgan fingerprint density at radius 3 is 2.23 bits per heavy atom. The fourth-order valence-electron chi connectivity index (χ4n) is 3.39. The molecular formula is C23H33N3O3S. The molecule has 7 heteroatoms. The topological polar surface area (TPSA) is 78.5 Å². The van der Waals surface area contributed by atoms with Crippen molar-refractivity contribution in [2.45, 2.75) is 52.0 Å². The van der Waals surface area contributed by atoms with E-state index in [2.05, 4.69) is 17.6 Å². The first-order valence-corrected chi connectivity index (χ1v) is 11.9. The maximum atomic E-state index is 12.6. The van der Waals surface area contributed by atoms with Crippen LogP contribution in [0.1, 0.15) is 50.4 Å². The minimum absolute atomic E-state index is 0.0940. The van der Waals surface area contributed by atoms with Crippen LogP contribution in [0.15, 0.2) is 47.4 Å². The molecule has 0 radical (unpaired) electrons. The second kappa shape index (κ2) is 10.7. The van der Waals surface area contributed by atoms with E-state index in [9.17, 15) is 13.2 Å². The number of hydrogen-bond donors (Lipinski definition) is 2. The lowest BCUT2D eigenvalue weighted by Gasteiger charge is -2.19. The molecule has 2 aromatic rings. The predicted molar refractivity (Wildman–Crippen MR) is 122 cm³/mol. The molecule has 0 heterocycles. The number of aryl methyl sites for hydroxylation is 2. The quantitative estimate of drug-likeness (QED) is 0.598. The summed E-state index contributed by atoms with van der Waals surface area (Å²) in [6, 6.07) is 12.7. The van der Waals surface area contributed by atoms with Crippen molar-refractivity contribution >= 4 is 21.6 Å². The zero-order chi connectivity index (χ0) is 22.3. The van der Waals surface area contributed by atoms with Crippen molar-refractivity contribution in [1.82, 2.24) is 9.62 Å². The molecule has 0 aromatic heterocycles. The first-order valence-electron chi connectivity index (χ1n) is 10.5. The number of hydrogen-bond acceptors (Lipinski definition) is 4. The molecule has 2 aromatic carbocycles. The maximum Gasteiger partial charge on any atom is 0.243 e. The van der Waals surface area contributed by atoms with Crippen LogP contribution in [0.3, 0.4) is 0 Å². The number of rotatable bonds is 10. The Bertz CT molecular complexity index is 952. The van der Waals surface area contributed by atoms with Crippen LogP contribution in [0.25, 0.3) is 0 Å². The average molecular weight is 432 g/mol. The molecule has 1 amide bonds. The van der Waals surface area contributed by atoms with Gasteiger partial charge in [0.15, 0.2) is 0 Å². The molecule has 6 nitrogen and oxygen atoms in total. The number of anilines is 1. The molecule has 1 atom stereocenters. The van der Waals surface area contributed by atoms with Crippen molar-refractivity contribution in [3.63, 3.8) is 0 Å². The molecule has 0 fully saturated rings. The van der Waals surface area contributed by atoms with E-state index in [-0.39, 0.29) is 23.4 Å². The maximum absolute atomic E-state index is 12.6. The molecule has 2 rings (SSSR count). The summed E-state index contributed by atoms with van der Waals surface area (Å²) in [6.07, 6.45) is 0.851. The number of para-hydroxylation sites is 1. The van der Waals surface area contributed by atoms with Crippen LogP contribution in [-0.4, -0.2) is 38.3 Å². The number of benzene rings is 2. The summed E-state index contributed by atoms with van der Waals surface area (Å²) >= 11 is 0. The van der Waals surface area contributed by atoms with Gasteiger partial charge in [0.1, 0.15) is 0 Å². The van der Waals surface area contributed by atoms with Gasteiger partial charge in [-0.05, 0) is 49.1 Å². The third-order valence-corrected chi connectivity index (χ3v) is 7.36. The zero-order valence-electron chi connectivity index (χ0n) is 18.5. The van der Waals surface area contributed by atoms with Crippen molar-refractivity contribution in [1.29, 1.82) is 0 Å². The van der Waals surface area contributed by atoms with Gasteiger partial charge >= 0.3 is 0 Å². The number of nitrogens with one attached hydrogen (secondary N) is 2. The highest BCUT2D eigenvalue weighted by Gasteiger charge is 2.21. The third kappa shape index (κ3) is 5.68. The van der Waals surface area contributed by atoms with Crippen LogP contribution in [0.4, 0.5) is 5.69 Å². The lowest BCUT2D eigenvalue weighted by atomic mass is 10.1. The molecular weight excluding hydrogens is 398 g/mol. The van der Waals surface area contributed by atoms with Gasteiger partial charge in [0.2, 0.25) is 15.9 Å². The molecule has 0 aliphatic heterocycles. The highest BCUT2D eigenvalue weighted by molar-refractivity contribution is 7.89. The molecule has 164 valence electrons. The summed E-state index contributed by atoms with van der Waals surface area (Å²) in [7, 11) is -3.47. The van der Waals surface area contributed by atoms with E-state index in [1.807, 2.05) is 45.9 Å². The number of nitrogens with zero attached hydrogens (tertiary/aromatic N) is 1. The first-order chi connectivity index (χ1) is 14.2. The molecule has 0 unspecified atom stereocenters. The van der Waals surface area contributed by atoms with E-state index in [0.717, 1.165) is 28.8 Å². The largest absolute Gasteiger partial charge is 0.324 e. The van der Waals surface area contributed by atoms with E-state index < -0.39 is 10.0 Å². The van der Waals surface area contributed by atoms with Crippen LogP contribution >= 0.6 is 0 Å². The van der Waals surface area contributed by atoms with Crippen LogP contribution in [-0.2, 0) is 21.2 Å². The van der Waals surface area contributed by atoms with Crippen molar-refractivity contribution < 1.29 is 13.2 Å². The Morgan fingerprint density at radius 2 is 1.67 bits per heavy atom. The van der Waals surface area contributed by atoms with Gasteiger partial charge < -0.3 is 10.6 Å². The molecule has 0 spiro atoms. The smallest absolute Gasteiger partial charge is 0.243 e. The summed E-state index contributed by atoms with van der Waals surface area (Å²) in [5, 5.41) is 6.21. The Hall–Kier alpha value is -2.22. The van der Waals surface area contributed by atoms with Gasteiger partial charge in [-0.25, -0.2) is 8.42 Å². The van der Waals surface area contributed by atoms with Crippen molar-refractivity contribution in [3.8, 4) is 0 Å². The minimum atomic E-state index is -3.47. The average Bonchev–Trinajstić information content (AvgIpc) is 2.74. The minimum Gasteiger partial charge on any atom is -0.324 e. The Morgan fingerprint density at radius 1 is 1.03 bits per heavy atom. The van der Waals surface area contributed by atoms with Crippen LogP contribution < -0.4 is 10.6 Å². The highest BCUT2D eigenvalue weighted by Crippen LogP contribution is 2.21. The number of amides is 1. The standard InChI is InChI=1S/C23H33N3O3S/c1-6-19-11-9-10-17(4)23(19)25-22(27)16-24-18(5)20-12-14-21(15-13-20)30(28,29)26(7-2)8-3/h9-15,18,24H,6-8,16H2,1-5H3,(H,25,27)/t18-/m0/s1. The lowest BCUT2D eigenvalue weighted by Crippen LogP contribution is -2.31. The zero-order valence-corrected chi connectivity index (χ0v) is 19.3. The Kier molecular flexibility index (Phi) is 8.58. The third-order valence-electron chi connectivity index (χ3n) is 5.30. The number of sulfonamides is 1. The number of carbonyl (C=O) groups excluding carboxylic acids is 1. The normalized spacial score (nSPS) is 12.7. The molecule has 30 heavy (non-hydrogen) atoms. The van der Waals surface area contributed by atoms with E-state index in [1.165, 1.54) is 4.31 Å². The summed E-state index contributed by atoms with van der Waals surface area (Å²) in [5.41, 5.74) is 3.96. The van der Waals surface area contributed by atoms with Gasteiger partial charge in [-0.2, -0.15) is 4.31 Å². The fourth-order valence-corrected chi connectivity index (χ4v) is 4.85. The number of carbonyl (C=O) groups is 1. The lowest BCUT2D eigenvalue weighted by molar-refractivity contribution is -0.115. The monoisotopic (exact) mass is 431 g/mol. The van der Waals surface area contributed by atoms with Crippen LogP contribution in [0.5, 0.6) is 0 Å². The Labute approximate surface area is 180 Å². The van der Waals surface area contributed by atoms with Gasteiger partial charge in [0.05, 0.1) is 11.4 Å². The summed E-state index contributed by atoms with van der Waals surface area (Å²) < 4.78 is 26.6. The van der Waals surface area contributed by atoms with Gasteiger partial charge in [-0.15, -0.1) is 0 Å². The van der Waals surface area contributed by atoms with Gasteiger partial charge in [0, 0.05) is 24.8 Å². The molecule has 0 saturated heterocycles.